The van der Waals surface area contributed by atoms with Crippen molar-refractivity contribution in [2.75, 3.05) is 0 Å². The Bertz CT molecular complexity index is 1320. The van der Waals surface area contributed by atoms with E-state index in [-0.39, 0.29) is 25.7 Å². The third kappa shape index (κ3) is 3.42. The number of aromatic nitrogens is 1. The fraction of sp³-hybridized carbons (Fsp3) is 0.346. The predicted octanol–water partition coefficient (Wildman–Crippen LogP) is 6.13. The number of hydrogen-bond donors (Lipinski definition) is 2. The summed E-state index contributed by atoms with van der Waals surface area (Å²) in [5.41, 5.74) is -0.000894. The number of amides is 1. The lowest BCUT2D eigenvalue weighted by molar-refractivity contribution is -0.218. The van der Waals surface area contributed by atoms with E-state index in [0.717, 1.165) is 10.0 Å². The van der Waals surface area contributed by atoms with Gasteiger partial charge < -0.3 is 10.4 Å². The smallest absolute Gasteiger partial charge is 0.315 e. The summed E-state index contributed by atoms with van der Waals surface area (Å²) < 4.78 is 30.8. The molecule has 1 heterocycles. The molecule has 3 aliphatic rings. The molecule has 0 spiro atoms. The van der Waals surface area contributed by atoms with E-state index in [2.05, 4.69) is 21.2 Å². The van der Waals surface area contributed by atoms with Gasteiger partial charge in [0.1, 0.15) is 5.41 Å². The lowest BCUT2D eigenvalue weighted by Crippen LogP contribution is -2.66. The normalized spacial score (nSPS) is 25.3. The molecule has 2 bridgehead atoms. The van der Waals surface area contributed by atoms with Crippen molar-refractivity contribution >= 4 is 38.7 Å². The Morgan fingerprint density at radius 3 is 2.35 bits per heavy atom. The molecule has 0 saturated heterocycles. The van der Waals surface area contributed by atoms with Gasteiger partial charge in [0, 0.05) is 27.4 Å². The third-order valence-corrected chi connectivity index (χ3v) is 8.07. The molecule has 8 heteroatoms. The van der Waals surface area contributed by atoms with Gasteiger partial charge in [-0.25, -0.2) is 13.8 Å². The quantitative estimate of drug-likeness (QED) is 0.427. The van der Waals surface area contributed by atoms with Crippen molar-refractivity contribution in [3.8, 4) is 11.3 Å². The van der Waals surface area contributed by atoms with Crippen LogP contribution in [0.4, 0.5) is 8.78 Å². The van der Waals surface area contributed by atoms with Crippen molar-refractivity contribution < 1.29 is 23.5 Å². The largest absolute Gasteiger partial charge is 0.481 e. The van der Waals surface area contributed by atoms with Crippen molar-refractivity contribution in [3.05, 3.63) is 64.1 Å². The highest BCUT2D eigenvalue weighted by Crippen LogP contribution is 2.60. The zero-order valence-corrected chi connectivity index (χ0v) is 20.1. The number of carboxylic acids is 1. The minimum absolute atomic E-state index is 0.160. The summed E-state index contributed by atoms with van der Waals surface area (Å²) in [6, 6.07) is 15.0. The molecule has 34 heavy (non-hydrogen) atoms. The van der Waals surface area contributed by atoms with Crippen LogP contribution in [-0.2, 0) is 4.79 Å². The van der Waals surface area contributed by atoms with Crippen molar-refractivity contribution in [2.45, 2.75) is 50.5 Å². The molecule has 2 N–H and O–H groups in total. The molecule has 0 atom stereocenters. The summed E-state index contributed by atoms with van der Waals surface area (Å²) in [6.07, 6.45) is -0.579. The lowest BCUT2D eigenvalue weighted by atomic mass is 9.55. The van der Waals surface area contributed by atoms with Crippen LogP contribution in [0.15, 0.2) is 53.0 Å². The molecule has 0 radical (unpaired) electrons. The van der Waals surface area contributed by atoms with E-state index in [1.54, 1.807) is 0 Å². The number of rotatable bonds is 4. The molecule has 1 aromatic heterocycles. The Labute approximate surface area is 203 Å². The highest BCUT2D eigenvalue weighted by atomic mass is 79.9. The van der Waals surface area contributed by atoms with Gasteiger partial charge in [0.2, 0.25) is 0 Å². The van der Waals surface area contributed by atoms with E-state index >= 15 is 8.78 Å². The molecule has 6 rings (SSSR count). The van der Waals surface area contributed by atoms with Crippen molar-refractivity contribution in [1.29, 1.82) is 0 Å². The Balaban J connectivity index is 1.58. The van der Waals surface area contributed by atoms with Gasteiger partial charge in [0.15, 0.2) is 0 Å². The van der Waals surface area contributed by atoms with Crippen LogP contribution in [0, 0.1) is 12.3 Å². The Morgan fingerprint density at radius 2 is 1.74 bits per heavy atom. The first-order valence-corrected chi connectivity index (χ1v) is 12.0. The van der Waals surface area contributed by atoms with E-state index in [1.807, 2.05) is 55.5 Å². The highest BCUT2D eigenvalue weighted by Gasteiger charge is 2.69. The number of alkyl halides is 2. The first-order chi connectivity index (χ1) is 16.1. The second-order valence-electron chi connectivity index (χ2n) is 9.49. The molecule has 3 fully saturated rings. The molecule has 176 valence electrons. The first kappa shape index (κ1) is 22.9. The van der Waals surface area contributed by atoms with Gasteiger partial charge in [0.25, 0.3) is 11.8 Å². The zero-order chi connectivity index (χ0) is 24.3. The maximum Gasteiger partial charge on any atom is 0.315 e. The Morgan fingerprint density at radius 1 is 1.06 bits per heavy atom. The minimum Gasteiger partial charge on any atom is -0.481 e. The van der Waals surface area contributed by atoms with Crippen LogP contribution in [0.2, 0.25) is 0 Å². The van der Waals surface area contributed by atoms with Crippen molar-refractivity contribution in [1.82, 2.24) is 10.3 Å². The van der Waals surface area contributed by atoms with E-state index in [1.165, 1.54) is 0 Å². The maximum atomic E-state index is 15.0. The number of hydrogen-bond acceptors (Lipinski definition) is 3. The van der Waals surface area contributed by atoms with Crippen molar-refractivity contribution in [2.24, 2.45) is 5.41 Å². The average Bonchev–Trinajstić information content (AvgIpc) is 2.78. The first-order valence-electron chi connectivity index (χ1n) is 11.2. The number of carbonyl (C=O) groups excluding carboxylic acids is 1. The molecule has 0 unspecified atom stereocenters. The van der Waals surface area contributed by atoms with Crippen LogP contribution in [0.3, 0.4) is 0 Å². The van der Waals surface area contributed by atoms with Crippen LogP contribution < -0.4 is 5.32 Å². The van der Waals surface area contributed by atoms with Gasteiger partial charge in [-0.15, -0.1) is 0 Å². The summed E-state index contributed by atoms with van der Waals surface area (Å²) >= 11 is 3.45. The molecule has 3 aliphatic carbocycles. The van der Waals surface area contributed by atoms with Crippen LogP contribution in [0.1, 0.15) is 48.0 Å². The molecule has 5 nitrogen and oxygen atoms in total. The van der Waals surface area contributed by atoms with Crippen LogP contribution in [0.25, 0.3) is 22.2 Å². The summed E-state index contributed by atoms with van der Waals surface area (Å²) in [7, 11) is 0. The summed E-state index contributed by atoms with van der Waals surface area (Å²) in [5.74, 6) is -5.29. The van der Waals surface area contributed by atoms with E-state index in [0.29, 0.717) is 27.7 Å². The number of aliphatic carboxylic acids is 1. The van der Waals surface area contributed by atoms with E-state index < -0.39 is 35.2 Å². The standard InChI is InChI=1S/C26H23BrF2N2O3/c1-15-20(18-13-17(27)7-8-19(18)30-21(15)16-5-3-2-4-6-16)22(32)31-24-9-11-25(12-10-24,23(33)34)26(28,29)14-24/h2-8,13H,9-12,14H2,1H3,(H,31,32)(H,33,34). The van der Waals surface area contributed by atoms with E-state index in [4.69, 9.17) is 4.98 Å². The molecule has 0 aliphatic heterocycles. The highest BCUT2D eigenvalue weighted by molar-refractivity contribution is 9.10. The van der Waals surface area contributed by atoms with Gasteiger partial charge in [0.05, 0.1) is 16.8 Å². The molecule has 1 amide bonds. The van der Waals surface area contributed by atoms with Gasteiger partial charge in [-0.05, 0) is 56.4 Å². The lowest BCUT2D eigenvalue weighted by Gasteiger charge is -2.55. The van der Waals surface area contributed by atoms with Crippen LogP contribution in [0.5, 0.6) is 0 Å². The zero-order valence-electron chi connectivity index (χ0n) is 18.5. The number of carbonyl (C=O) groups is 2. The topological polar surface area (TPSA) is 79.3 Å². The van der Waals surface area contributed by atoms with Gasteiger partial charge in [-0.3, -0.25) is 9.59 Å². The molecular formula is C26H23BrF2N2O3. The maximum absolute atomic E-state index is 15.0. The third-order valence-electron chi connectivity index (χ3n) is 7.57. The number of benzene rings is 2. The number of fused-ring (bicyclic) bond motifs is 4. The predicted molar refractivity (Wildman–Crippen MR) is 128 cm³/mol. The SMILES string of the molecule is Cc1c(-c2ccccc2)nc2ccc(Br)cc2c1C(=O)NC12CCC(C(=O)O)(CC1)C(F)(F)C2. The van der Waals surface area contributed by atoms with Crippen LogP contribution in [-0.4, -0.2) is 33.4 Å². The van der Waals surface area contributed by atoms with Gasteiger partial charge in [-0.2, -0.15) is 0 Å². The Hall–Kier alpha value is -2.87. The van der Waals surface area contributed by atoms with Gasteiger partial charge in [-0.1, -0.05) is 46.3 Å². The number of halogens is 3. The summed E-state index contributed by atoms with van der Waals surface area (Å²) in [5, 5.41) is 13.1. The molecule has 3 saturated carbocycles. The van der Waals surface area contributed by atoms with E-state index in [9.17, 15) is 14.7 Å². The van der Waals surface area contributed by atoms with Gasteiger partial charge >= 0.3 is 5.97 Å². The molecule has 2 aromatic carbocycles. The monoisotopic (exact) mass is 528 g/mol. The number of nitrogens with one attached hydrogen (secondary N) is 1. The fourth-order valence-electron chi connectivity index (χ4n) is 5.64. The van der Waals surface area contributed by atoms with Crippen LogP contribution >= 0.6 is 15.9 Å². The fourth-order valence-corrected chi connectivity index (χ4v) is 6.00. The molecule has 3 aromatic rings. The molecular weight excluding hydrogens is 506 g/mol. The van der Waals surface area contributed by atoms with Crippen molar-refractivity contribution in [3.63, 3.8) is 0 Å². The average molecular weight is 529 g/mol. The number of pyridine rings is 1. The summed E-state index contributed by atoms with van der Waals surface area (Å²) in [4.78, 5) is 30.2. The summed E-state index contributed by atoms with van der Waals surface area (Å²) in [6.45, 7) is 1.81. The minimum atomic E-state index is -3.39. The second kappa shape index (κ2) is 7.83. The number of carboxylic acid groups (broad SMARTS) is 1. The number of nitrogens with zero attached hydrogens (tertiary/aromatic N) is 1. The second-order valence-corrected chi connectivity index (χ2v) is 10.4. The Kier molecular flexibility index (Phi) is 5.28.